The van der Waals surface area contributed by atoms with Crippen LogP contribution in [0.3, 0.4) is 0 Å². The highest BCUT2D eigenvalue weighted by Crippen LogP contribution is 2.30. The summed E-state index contributed by atoms with van der Waals surface area (Å²) in [6.07, 6.45) is 0.0968. The summed E-state index contributed by atoms with van der Waals surface area (Å²) in [7, 11) is 0. The van der Waals surface area contributed by atoms with Gasteiger partial charge in [-0.3, -0.25) is 4.90 Å². The van der Waals surface area contributed by atoms with Gasteiger partial charge in [-0.05, 0) is 20.8 Å². The number of likely N-dealkylation sites (tertiary alicyclic amines) is 1. The van der Waals surface area contributed by atoms with Crippen LogP contribution in [-0.4, -0.2) is 40.3 Å². The maximum atomic E-state index is 13.6. The second kappa shape index (κ2) is 4.03. The monoisotopic (exact) mass is 225 g/mol. The first-order valence-corrected chi connectivity index (χ1v) is 4.43. The minimum atomic E-state index is -2.03. The van der Waals surface area contributed by atoms with Crippen LogP contribution in [0.15, 0.2) is 0 Å². The van der Waals surface area contributed by atoms with E-state index in [0.29, 0.717) is 6.54 Å². The lowest BCUT2D eigenvalue weighted by Crippen LogP contribution is -2.44. The molecule has 0 aromatic heterocycles. The van der Waals surface area contributed by atoms with Crippen molar-refractivity contribution < 1.29 is 14.3 Å². The van der Waals surface area contributed by atoms with Crippen LogP contribution in [0.4, 0.5) is 4.39 Å². The van der Waals surface area contributed by atoms with E-state index in [2.05, 4.69) is 0 Å². The van der Waals surface area contributed by atoms with E-state index in [1.165, 1.54) is 0 Å². The third-order valence-corrected chi connectivity index (χ3v) is 2.55. The molecule has 0 aromatic carbocycles. The highest BCUT2D eigenvalue weighted by atomic mass is 35.5. The first-order chi connectivity index (χ1) is 5.76. The van der Waals surface area contributed by atoms with E-state index in [1.54, 1.807) is 0 Å². The number of hydrogen-bond donors (Lipinski definition) is 1. The van der Waals surface area contributed by atoms with E-state index in [0.717, 1.165) is 0 Å². The van der Waals surface area contributed by atoms with Crippen LogP contribution in [0.1, 0.15) is 27.2 Å². The first-order valence-electron chi connectivity index (χ1n) is 4.43. The molecule has 0 bridgehead atoms. The molecule has 1 aliphatic heterocycles. The van der Waals surface area contributed by atoms with Gasteiger partial charge in [0, 0.05) is 25.0 Å². The number of carboxylic acid groups (broad SMARTS) is 1. The third-order valence-electron chi connectivity index (χ3n) is 2.55. The Kier molecular flexibility index (Phi) is 3.93. The van der Waals surface area contributed by atoms with Crippen LogP contribution < -0.4 is 0 Å². The summed E-state index contributed by atoms with van der Waals surface area (Å²) in [5, 5.41) is 8.65. The average molecular weight is 226 g/mol. The smallest absolute Gasteiger partial charge is 0.342 e. The predicted molar refractivity (Wildman–Crippen MR) is 54.7 cm³/mol. The first kappa shape index (κ1) is 13.7. The Hall–Kier alpha value is -0.350. The Morgan fingerprint density at radius 1 is 1.50 bits per heavy atom. The zero-order chi connectivity index (χ0) is 10.3. The Morgan fingerprint density at radius 2 is 2.00 bits per heavy atom. The van der Waals surface area contributed by atoms with Crippen molar-refractivity contribution in [3.8, 4) is 0 Å². The molecule has 3 nitrogen and oxygen atoms in total. The van der Waals surface area contributed by atoms with Crippen molar-refractivity contribution in [2.24, 2.45) is 0 Å². The minimum Gasteiger partial charge on any atom is -0.479 e. The Labute approximate surface area is 89.7 Å². The Morgan fingerprint density at radius 3 is 2.21 bits per heavy atom. The summed E-state index contributed by atoms with van der Waals surface area (Å²) in [4.78, 5) is 12.5. The molecule has 1 aliphatic rings. The maximum absolute atomic E-state index is 13.6. The van der Waals surface area contributed by atoms with Crippen LogP contribution in [0.25, 0.3) is 0 Å². The molecule has 0 spiro atoms. The molecular weight excluding hydrogens is 209 g/mol. The van der Waals surface area contributed by atoms with Crippen molar-refractivity contribution in [2.75, 3.05) is 13.1 Å². The van der Waals surface area contributed by atoms with Crippen molar-refractivity contribution >= 4 is 18.4 Å². The number of hydrogen-bond acceptors (Lipinski definition) is 2. The number of alkyl halides is 1. The van der Waals surface area contributed by atoms with Gasteiger partial charge in [0.1, 0.15) is 0 Å². The second-order valence-electron chi connectivity index (χ2n) is 4.61. The molecule has 1 saturated heterocycles. The molecule has 14 heavy (non-hydrogen) atoms. The lowest BCUT2D eigenvalue weighted by Gasteiger charge is -2.31. The summed E-state index contributed by atoms with van der Waals surface area (Å²) < 4.78 is 13.6. The lowest BCUT2D eigenvalue weighted by molar-refractivity contribution is -0.150. The van der Waals surface area contributed by atoms with Gasteiger partial charge in [0.2, 0.25) is 5.67 Å². The summed E-state index contributed by atoms with van der Waals surface area (Å²) in [5.74, 6) is -1.33. The largest absolute Gasteiger partial charge is 0.479 e. The number of halogens is 2. The highest BCUT2D eigenvalue weighted by Gasteiger charge is 2.47. The molecule has 0 radical (unpaired) electrons. The number of rotatable bonds is 1. The molecule has 0 aliphatic carbocycles. The van der Waals surface area contributed by atoms with Crippen LogP contribution in [0.2, 0.25) is 0 Å². The fourth-order valence-corrected chi connectivity index (χ4v) is 1.52. The number of carboxylic acids is 1. The zero-order valence-corrected chi connectivity index (χ0v) is 9.53. The summed E-state index contributed by atoms with van der Waals surface area (Å²) >= 11 is 0. The van der Waals surface area contributed by atoms with Crippen LogP contribution >= 0.6 is 12.4 Å². The van der Waals surface area contributed by atoms with E-state index in [1.807, 2.05) is 25.7 Å². The fourth-order valence-electron chi connectivity index (χ4n) is 1.52. The third kappa shape index (κ3) is 2.58. The summed E-state index contributed by atoms with van der Waals surface area (Å²) in [5.41, 5.74) is -2.18. The van der Waals surface area contributed by atoms with Crippen LogP contribution in [-0.2, 0) is 4.79 Å². The molecule has 1 N–H and O–H groups in total. The van der Waals surface area contributed by atoms with E-state index < -0.39 is 11.6 Å². The summed E-state index contributed by atoms with van der Waals surface area (Å²) in [6, 6.07) is 0. The van der Waals surface area contributed by atoms with E-state index in [9.17, 15) is 9.18 Å². The van der Waals surface area contributed by atoms with Gasteiger partial charge in [-0.2, -0.15) is 0 Å². The average Bonchev–Trinajstić information content (AvgIpc) is 2.31. The number of aliphatic carboxylic acids is 1. The molecule has 1 fully saturated rings. The molecule has 0 amide bonds. The Bertz CT molecular complexity index is 229. The quantitative estimate of drug-likeness (QED) is 0.739. The molecule has 1 rings (SSSR count). The van der Waals surface area contributed by atoms with Gasteiger partial charge in [0.05, 0.1) is 0 Å². The van der Waals surface area contributed by atoms with Crippen molar-refractivity contribution in [3.05, 3.63) is 0 Å². The van der Waals surface area contributed by atoms with Gasteiger partial charge < -0.3 is 5.11 Å². The van der Waals surface area contributed by atoms with Gasteiger partial charge in [-0.1, -0.05) is 0 Å². The van der Waals surface area contributed by atoms with Crippen molar-refractivity contribution in [1.82, 2.24) is 4.90 Å². The van der Waals surface area contributed by atoms with Crippen molar-refractivity contribution in [3.63, 3.8) is 0 Å². The second-order valence-corrected chi connectivity index (χ2v) is 4.61. The lowest BCUT2D eigenvalue weighted by atomic mass is 10.1. The fraction of sp³-hybridized carbons (Fsp3) is 0.889. The molecule has 0 saturated carbocycles. The van der Waals surface area contributed by atoms with Gasteiger partial charge >= 0.3 is 5.97 Å². The Balaban J connectivity index is 0.00000169. The molecule has 0 aromatic rings. The van der Waals surface area contributed by atoms with Gasteiger partial charge in [-0.15, -0.1) is 12.4 Å². The van der Waals surface area contributed by atoms with E-state index in [-0.39, 0.29) is 30.9 Å². The molecule has 84 valence electrons. The predicted octanol–water partition coefficient (Wildman–Crippen LogP) is 1.71. The van der Waals surface area contributed by atoms with Crippen LogP contribution in [0, 0.1) is 0 Å². The molecule has 1 unspecified atom stereocenters. The van der Waals surface area contributed by atoms with Gasteiger partial charge in [0.25, 0.3) is 0 Å². The topological polar surface area (TPSA) is 40.5 Å². The van der Waals surface area contributed by atoms with Crippen molar-refractivity contribution in [2.45, 2.75) is 38.4 Å². The molecule has 5 heteroatoms. The maximum Gasteiger partial charge on any atom is 0.342 e. The molecule has 1 heterocycles. The van der Waals surface area contributed by atoms with Gasteiger partial charge in [0.15, 0.2) is 0 Å². The van der Waals surface area contributed by atoms with Crippen LogP contribution in [0.5, 0.6) is 0 Å². The SMILES string of the molecule is CC(C)(C)N1CCC(F)(C(=O)O)C1.Cl. The normalized spacial score (nSPS) is 28.6. The van der Waals surface area contributed by atoms with E-state index >= 15 is 0 Å². The van der Waals surface area contributed by atoms with Gasteiger partial charge in [-0.25, -0.2) is 9.18 Å². The minimum absolute atomic E-state index is 0. The molecule has 1 atom stereocenters. The van der Waals surface area contributed by atoms with E-state index in [4.69, 9.17) is 5.11 Å². The standard InChI is InChI=1S/C9H16FNO2.ClH/c1-8(2,3)11-5-4-9(10,6-11)7(12)13;/h4-6H2,1-3H3,(H,12,13);1H. The van der Waals surface area contributed by atoms with Crippen molar-refractivity contribution in [1.29, 1.82) is 0 Å². The molecular formula is C9H17ClFNO2. The summed E-state index contributed by atoms with van der Waals surface area (Å²) in [6.45, 7) is 6.40. The number of nitrogens with zero attached hydrogens (tertiary/aromatic N) is 1. The highest BCUT2D eigenvalue weighted by molar-refractivity contribution is 5.85. The zero-order valence-electron chi connectivity index (χ0n) is 8.71. The number of carbonyl (C=O) groups is 1.